The molecule has 4 aromatic heterocycles. The van der Waals surface area contributed by atoms with Crippen molar-refractivity contribution < 1.29 is 8.42 Å². The fourth-order valence-electron chi connectivity index (χ4n) is 3.80. The Bertz CT molecular complexity index is 1450. The average molecular weight is 482 g/mol. The van der Waals surface area contributed by atoms with Gasteiger partial charge < -0.3 is 5.32 Å². The Kier molecular flexibility index (Phi) is 5.28. The molecule has 4 aromatic rings. The highest BCUT2D eigenvalue weighted by Crippen LogP contribution is 2.36. The molecule has 5 heterocycles. The second-order valence-electron chi connectivity index (χ2n) is 7.69. The fraction of sp³-hybridized carbons (Fsp3) is 0.300. The minimum atomic E-state index is -3.32. The van der Waals surface area contributed by atoms with Gasteiger partial charge in [0.25, 0.3) is 0 Å². The summed E-state index contributed by atoms with van der Waals surface area (Å²) in [5.41, 5.74) is 1.47. The number of thiophene rings is 1. The first-order valence-corrected chi connectivity index (χ1v) is 12.6. The molecule has 0 aromatic carbocycles. The van der Waals surface area contributed by atoms with Gasteiger partial charge in [0.2, 0.25) is 16.0 Å². The van der Waals surface area contributed by atoms with Crippen LogP contribution in [0.3, 0.4) is 0 Å². The second-order valence-corrected chi connectivity index (χ2v) is 10.8. The maximum Gasteiger partial charge on any atom is 0.229 e. The molecule has 0 bridgehead atoms. The van der Waals surface area contributed by atoms with Crippen molar-refractivity contribution in [2.45, 2.75) is 18.9 Å². The summed E-state index contributed by atoms with van der Waals surface area (Å²) in [7, 11) is -3.32. The molecule has 5 rings (SSSR count). The van der Waals surface area contributed by atoms with Crippen LogP contribution in [0.5, 0.6) is 0 Å². The Balaban J connectivity index is 1.50. The summed E-state index contributed by atoms with van der Waals surface area (Å²) in [6, 6.07) is 5.90. The van der Waals surface area contributed by atoms with E-state index in [1.54, 1.807) is 36.3 Å². The monoisotopic (exact) mass is 481 g/mol. The van der Waals surface area contributed by atoms with Gasteiger partial charge in [-0.05, 0) is 24.4 Å². The fourth-order valence-corrected chi connectivity index (χ4v) is 5.81. The first-order valence-electron chi connectivity index (χ1n) is 10.1. The summed E-state index contributed by atoms with van der Waals surface area (Å²) in [4.78, 5) is 10.1. The summed E-state index contributed by atoms with van der Waals surface area (Å²) >= 11 is 1.50. The third-order valence-corrected chi connectivity index (χ3v) is 8.20. The van der Waals surface area contributed by atoms with E-state index in [0.717, 1.165) is 15.8 Å². The maximum absolute atomic E-state index is 12.2. The van der Waals surface area contributed by atoms with Crippen molar-refractivity contribution in [1.29, 1.82) is 5.26 Å². The van der Waals surface area contributed by atoms with Crippen LogP contribution in [0.2, 0.25) is 0 Å². The van der Waals surface area contributed by atoms with Gasteiger partial charge in [0.1, 0.15) is 10.4 Å². The van der Waals surface area contributed by atoms with Gasteiger partial charge in [-0.2, -0.15) is 24.9 Å². The van der Waals surface area contributed by atoms with Crippen LogP contribution in [-0.4, -0.2) is 61.5 Å². The highest BCUT2D eigenvalue weighted by atomic mass is 32.2. The lowest BCUT2D eigenvalue weighted by Gasteiger charge is -2.47. The second kappa shape index (κ2) is 8.14. The van der Waals surface area contributed by atoms with Crippen molar-refractivity contribution in [3.8, 4) is 17.3 Å². The number of aromatic nitrogens is 6. The first kappa shape index (κ1) is 21.4. The van der Waals surface area contributed by atoms with Gasteiger partial charge in [0.05, 0.1) is 48.2 Å². The van der Waals surface area contributed by atoms with E-state index >= 15 is 0 Å². The average Bonchev–Trinajstić information content (AvgIpc) is 3.46. The highest BCUT2D eigenvalue weighted by molar-refractivity contribution is 7.89. The van der Waals surface area contributed by atoms with E-state index in [1.165, 1.54) is 15.6 Å². The number of nitrogens with zero attached hydrogens (tertiary/aromatic N) is 8. The van der Waals surface area contributed by atoms with Gasteiger partial charge in [-0.3, -0.25) is 4.68 Å². The van der Waals surface area contributed by atoms with E-state index in [2.05, 4.69) is 31.7 Å². The van der Waals surface area contributed by atoms with E-state index in [4.69, 9.17) is 4.98 Å². The minimum Gasteiger partial charge on any atom is -0.323 e. The zero-order valence-electron chi connectivity index (χ0n) is 17.6. The predicted molar refractivity (Wildman–Crippen MR) is 123 cm³/mol. The third-order valence-electron chi connectivity index (χ3n) is 5.62. The summed E-state index contributed by atoms with van der Waals surface area (Å²) in [6.45, 7) is 2.05. The van der Waals surface area contributed by atoms with Crippen molar-refractivity contribution in [2.75, 3.05) is 24.2 Å². The minimum absolute atomic E-state index is 0.0276. The zero-order chi connectivity index (χ0) is 23.1. The van der Waals surface area contributed by atoms with Crippen molar-refractivity contribution >= 4 is 43.2 Å². The molecule has 1 N–H and O–H groups in total. The third kappa shape index (κ3) is 3.82. The van der Waals surface area contributed by atoms with Crippen LogP contribution in [0.15, 0.2) is 42.3 Å². The molecule has 0 unspecified atom stereocenters. The van der Waals surface area contributed by atoms with Gasteiger partial charge in [-0.15, -0.1) is 11.3 Å². The van der Waals surface area contributed by atoms with E-state index in [1.807, 2.05) is 17.6 Å². The Labute approximate surface area is 193 Å². The van der Waals surface area contributed by atoms with Crippen LogP contribution in [0.1, 0.15) is 13.3 Å². The topological polar surface area (TPSA) is 143 Å². The quantitative estimate of drug-likeness (QED) is 0.421. The van der Waals surface area contributed by atoms with Crippen LogP contribution in [0.4, 0.5) is 11.6 Å². The Morgan fingerprint density at radius 3 is 2.82 bits per heavy atom. The molecule has 168 valence electrons. The number of nitrogens with one attached hydrogen (secondary N) is 1. The molecule has 0 radical (unpaired) electrons. The molecule has 1 aliphatic rings. The molecule has 1 aliphatic heterocycles. The molecule has 0 atom stereocenters. The number of anilines is 2. The standard InChI is InChI=1S/C20H19N9O2S2/c1-2-33(30,31)28-12-20(13-28,5-6-21)29-11-14(9-24-29)17-16-4-8-32-18(16)27-19(26-17)25-15-3-7-22-23-10-15/h3-4,7-11H,2,5,12-13H2,1H3,(H,22,25,26,27). The van der Waals surface area contributed by atoms with Gasteiger partial charge in [0, 0.05) is 30.2 Å². The number of hydrogen-bond donors (Lipinski definition) is 1. The van der Waals surface area contributed by atoms with Crippen LogP contribution in [0.25, 0.3) is 21.5 Å². The predicted octanol–water partition coefficient (Wildman–Crippen LogP) is 2.36. The lowest BCUT2D eigenvalue weighted by atomic mass is 9.89. The molecule has 0 spiro atoms. The normalized spacial score (nSPS) is 15.8. The van der Waals surface area contributed by atoms with Crippen LogP contribution < -0.4 is 5.32 Å². The molecule has 13 heteroatoms. The summed E-state index contributed by atoms with van der Waals surface area (Å²) in [5, 5.41) is 27.5. The maximum atomic E-state index is 12.2. The largest absolute Gasteiger partial charge is 0.323 e. The van der Waals surface area contributed by atoms with Gasteiger partial charge >= 0.3 is 0 Å². The molecular weight excluding hydrogens is 462 g/mol. The van der Waals surface area contributed by atoms with Crippen molar-refractivity contribution in [1.82, 2.24) is 34.3 Å². The molecule has 11 nitrogen and oxygen atoms in total. The Morgan fingerprint density at radius 2 is 2.09 bits per heavy atom. The first-order chi connectivity index (χ1) is 15.9. The number of nitriles is 1. The number of rotatable bonds is 7. The molecule has 1 fully saturated rings. The van der Waals surface area contributed by atoms with E-state index in [0.29, 0.717) is 17.3 Å². The van der Waals surface area contributed by atoms with Crippen molar-refractivity contribution in [3.63, 3.8) is 0 Å². The van der Waals surface area contributed by atoms with Gasteiger partial charge in [0.15, 0.2) is 0 Å². The molecule has 0 amide bonds. The zero-order valence-corrected chi connectivity index (χ0v) is 19.2. The summed E-state index contributed by atoms with van der Waals surface area (Å²) < 4.78 is 27.5. The van der Waals surface area contributed by atoms with E-state index in [9.17, 15) is 13.7 Å². The molecule has 0 aliphatic carbocycles. The van der Waals surface area contributed by atoms with Crippen LogP contribution in [-0.2, 0) is 15.6 Å². The number of hydrogen-bond acceptors (Lipinski definition) is 10. The molecule has 1 saturated heterocycles. The van der Waals surface area contributed by atoms with Crippen LogP contribution in [0, 0.1) is 11.3 Å². The van der Waals surface area contributed by atoms with Crippen molar-refractivity contribution in [3.05, 3.63) is 42.3 Å². The van der Waals surface area contributed by atoms with Crippen LogP contribution >= 0.6 is 11.3 Å². The molecule has 33 heavy (non-hydrogen) atoms. The highest BCUT2D eigenvalue weighted by Gasteiger charge is 2.49. The summed E-state index contributed by atoms with van der Waals surface area (Å²) in [6.07, 6.45) is 6.82. The lowest BCUT2D eigenvalue weighted by Crippen LogP contribution is -2.64. The smallest absolute Gasteiger partial charge is 0.229 e. The SMILES string of the molecule is CCS(=O)(=O)N1CC(CC#N)(n2cc(-c3nc(Nc4ccnnc4)nc4sccc34)cn2)C1. The Hall–Kier alpha value is -3.47. The lowest BCUT2D eigenvalue weighted by molar-refractivity contribution is 0.0719. The van der Waals surface area contributed by atoms with Gasteiger partial charge in [-0.25, -0.2) is 18.4 Å². The summed E-state index contributed by atoms with van der Waals surface area (Å²) in [5.74, 6) is 0.441. The van der Waals surface area contributed by atoms with E-state index in [-0.39, 0.29) is 25.3 Å². The van der Waals surface area contributed by atoms with E-state index < -0.39 is 15.6 Å². The number of sulfonamides is 1. The molecule has 0 saturated carbocycles. The van der Waals surface area contributed by atoms with Crippen molar-refractivity contribution in [2.24, 2.45) is 0 Å². The number of fused-ring (bicyclic) bond motifs is 1. The van der Waals surface area contributed by atoms with Gasteiger partial charge in [-0.1, -0.05) is 0 Å². The Morgan fingerprint density at radius 1 is 1.24 bits per heavy atom. The molecular formula is C20H19N9O2S2.